The standard InChI is InChI=1S/C12H10O2Te/c13-9-5-7-10(8-6-9)15-12-4-2-1-3-11(12)14/h1-8,13-14H. The van der Waals surface area contributed by atoms with E-state index in [1.54, 1.807) is 18.2 Å². The molecule has 2 nitrogen and oxygen atoms in total. The first-order valence-electron chi connectivity index (χ1n) is 4.50. The Labute approximate surface area is 98.3 Å². The number of phenols is 2. The first-order valence-corrected chi connectivity index (χ1v) is 6.83. The van der Waals surface area contributed by atoms with E-state index in [2.05, 4.69) is 0 Å². The molecule has 0 spiro atoms. The molecule has 0 aliphatic heterocycles. The van der Waals surface area contributed by atoms with Crippen LogP contribution < -0.4 is 7.22 Å². The quantitative estimate of drug-likeness (QED) is 0.804. The molecule has 0 unspecified atom stereocenters. The second-order valence-electron chi connectivity index (χ2n) is 3.06. The van der Waals surface area contributed by atoms with Crippen LogP contribution in [0, 0.1) is 0 Å². The molecule has 0 aliphatic rings. The summed E-state index contributed by atoms with van der Waals surface area (Å²) in [6.45, 7) is 0. The molecule has 0 bridgehead atoms. The Kier molecular flexibility index (Phi) is 3.15. The monoisotopic (exact) mass is 316 g/mol. The molecule has 0 amide bonds. The summed E-state index contributed by atoms with van der Waals surface area (Å²) >= 11 is -0.556. The Balaban J connectivity index is 2.22. The van der Waals surface area contributed by atoms with Gasteiger partial charge in [0, 0.05) is 0 Å². The van der Waals surface area contributed by atoms with Crippen molar-refractivity contribution in [2.24, 2.45) is 0 Å². The van der Waals surface area contributed by atoms with Gasteiger partial charge in [-0.2, -0.15) is 0 Å². The molecule has 2 rings (SSSR count). The Morgan fingerprint density at radius 2 is 1.47 bits per heavy atom. The molecule has 0 saturated carbocycles. The van der Waals surface area contributed by atoms with Gasteiger partial charge in [-0.1, -0.05) is 0 Å². The van der Waals surface area contributed by atoms with E-state index in [1.165, 1.54) is 3.61 Å². The molecule has 2 N–H and O–H groups in total. The number of phenolic OH excluding ortho intramolecular Hbond substituents is 2. The number of rotatable bonds is 2. The van der Waals surface area contributed by atoms with E-state index in [9.17, 15) is 5.11 Å². The first kappa shape index (κ1) is 10.4. The second kappa shape index (κ2) is 4.57. The fraction of sp³-hybridized carbons (Fsp3) is 0. The van der Waals surface area contributed by atoms with Crippen LogP contribution in [0.3, 0.4) is 0 Å². The van der Waals surface area contributed by atoms with Crippen LogP contribution in [0.25, 0.3) is 0 Å². The molecule has 0 radical (unpaired) electrons. The molecule has 0 aromatic heterocycles. The first-order chi connectivity index (χ1) is 7.25. The third-order valence-electron chi connectivity index (χ3n) is 1.93. The van der Waals surface area contributed by atoms with Crippen molar-refractivity contribution in [2.75, 3.05) is 0 Å². The van der Waals surface area contributed by atoms with E-state index in [0.717, 1.165) is 3.61 Å². The molecule has 0 aliphatic carbocycles. The van der Waals surface area contributed by atoms with Crippen molar-refractivity contribution < 1.29 is 10.2 Å². The Morgan fingerprint density at radius 1 is 0.800 bits per heavy atom. The third kappa shape index (κ3) is 2.65. The van der Waals surface area contributed by atoms with Crippen molar-refractivity contribution in [3.05, 3.63) is 48.5 Å². The summed E-state index contributed by atoms with van der Waals surface area (Å²) in [5.74, 6) is 0.650. The number of hydrogen-bond donors (Lipinski definition) is 2. The van der Waals surface area contributed by atoms with Crippen LogP contribution >= 0.6 is 0 Å². The Hall–Kier alpha value is -1.17. The Morgan fingerprint density at radius 3 is 2.13 bits per heavy atom. The van der Waals surface area contributed by atoms with E-state index in [4.69, 9.17) is 5.11 Å². The van der Waals surface area contributed by atoms with Crippen molar-refractivity contribution in [1.82, 2.24) is 0 Å². The average Bonchev–Trinajstić information content (AvgIpc) is 2.25. The zero-order valence-electron chi connectivity index (χ0n) is 7.92. The molecule has 2 aromatic rings. The SMILES string of the molecule is Oc1ccc([Te]c2ccccc2O)cc1. The predicted octanol–water partition coefficient (Wildman–Crippen LogP) is 0.753. The summed E-state index contributed by atoms with van der Waals surface area (Å²) in [5.41, 5.74) is 0. The van der Waals surface area contributed by atoms with Crippen molar-refractivity contribution in [1.29, 1.82) is 0 Å². The van der Waals surface area contributed by atoms with Gasteiger partial charge in [0.05, 0.1) is 0 Å². The average molecular weight is 314 g/mol. The van der Waals surface area contributed by atoms with Crippen molar-refractivity contribution in [2.45, 2.75) is 0 Å². The maximum absolute atomic E-state index is 9.61. The second-order valence-corrected chi connectivity index (χ2v) is 6.25. The van der Waals surface area contributed by atoms with Crippen LogP contribution in [0.4, 0.5) is 0 Å². The fourth-order valence-electron chi connectivity index (χ4n) is 1.18. The summed E-state index contributed by atoms with van der Waals surface area (Å²) in [5, 5.41) is 18.8. The summed E-state index contributed by atoms with van der Waals surface area (Å²) in [7, 11) is 0. The van der Waals surface area contributed by atoms with E-state index < -0.39 is 20.9 Å². The fourth-order valence-corrected chi connectivity index (χ4v) is 3.60. The number of benzene rings is 2. The molecular weight excluding hydrogens is 304 g/mol. The van der Waals surface area contributed by atoms with Gasteiger partial charge in [-0.3, -0.25) is 0 Å². The predicted molar refractivity (Wildman–Crippen MR) is 61.2 cm³/mol. The molecule has 76 valence electrons. The summed E-state index contributed by atoms with van der Waals surface area (Å²) in [4.78, 5) is 0. The number of para-hydroxylation sites is 1. The normalized spacial score (nSPS) is 10.1. The number of aromatic hydroxyl groups is 2. The van der Waals surface area contributed by atoms with Gasteiger partial charge in [0.25, 0.3) is 0 Å². The zero-order chi connectivity index (χ0) is 10.7. The minimum atomic E-state index is -0.556. The zero-order valence-corrected chi connectivity index (χ0v) is 10.3. The van der Waals surface area contributed by atoms with Gasteiger partial charge in [0.1, 0.15) is 0 Å². The molecule has 0 saturated heterocycles. The van der Waals surface area contributed by atoms with Crippen LogP contribution in [0.15, 0.2) is 48.5 Å². The third-order valence-corrected chi connectivity index (χ3v) is 4.99. The molecule has 0 heterocycles. The van der Waals surface area contributed by atoms with E-state index in [-0.39, 0.29) is 5.75 Å². The van der Waals surface area contributed by atoms with Crippen LogP contribution in [0.1, 0.15) is 0 Å². The van der Waals surface area contributed by atoms with Gasteiger partial charge in [-0.15, -0.1) is 0 Å². The van der Waals surface area contributed by atoms with Crippen LogP contribution in [0.5, 0.6) is 11.5 Å². The summed E-state index contributed by atoms with van der Waals surface area (Å²) in [6, 6.07) is 14.6. The van der Waals surface area contributed by atoms with Gasteiger partial charge in [-0.05, 0) is 0 Å². The van der Waals surface area contributed by atoms with E-state index in [0.29, 0.717) is 5.75 Å². The van der Waals surface area contributed by atoms with Crippen molar-refractivity contribution >= 4 is 28.1 Å². The number of hydrogen-bond acceptors (Lipinski definition) is 2. The van der Waals surface area contributed by atoms with Crippen molar-refractivity contribution in [3.8, 4) is 11.5 Å². The van der Waals surface area contributed by atoms with Gasteiger partial charge in [0.2, 0.25) is 0 Å². The molecule has 0 atom stereocenters. The van der Waals surface area contributed by atoms with Gasteiger partial charge >= 0.3 is 98.4 Å². The van der Waals surface area contributed by atoms with Crippen LogP contribution in [0.2, 0.25) is 0 Å². The van der Waals surface area contributed by atoms with E-state index >= 15 is 0 Å². The Bertz CT molecular complexity index is 451. The molecule has 2 aromatic carbocycles. The summed E-state index contributed by atoms with van der Waals surface area (Å²) < 4.78 is 2.22. The van der Waals surface area contributed by atoms with Gasteiger partial charge in [-0.25, -0.2) is 0 Å². The molecular formula is C12H10O2Te. The summed E-state index contributed by atoms with van der Waals surface area (Å²) in [6.07, 6.45) is 0. The molecule has 0 fully saturated rings. The topological polar surface area (TPSA) is 40.5 Å². The van der Waals surface area contributed by atoms with Gasteiger partial charge < -0.3 is 0 Å². The minimum absolute atomic E-state index is 0.281. The van der Waals surface area contributed by atoms with Crippen LogP contribution in [-0.2, 0) is 0 Å². The van der Waals surface area contributed by atoms with Crippen molar-refractivity contribution in [3.63, 3.8) is 0 Å². The molecule has 15 heavy (non-hydrogen) atoms. The maximum atomic E-state index is 9.61. The van der Waals surface area contributed by atoms with E-state index in [1.807, 2.05) is 30.3 Å². The molecule has 3 heteroatoms. The van der Waals surface area contributed by atoms with Gasteiger partial charge in [0.15, 0.2) is 0 Å². The van der Waals surface area contributed by atoms with Crippen LogP contribution in [-0.4, -0.2) is 31.1 Å².